The van der Waals surface area contributed by atoms with Gasteiger partial charge in [-0.1, -0.05) is 43.5 Å². The van der Waals surface area contributed by atoms with Gasteiger partial charge in [0.15, 0.2) is 0 Å². The molecule has 44 heavy (non-hydrogen) atoms. The quantitative estimate of drug-likeness (QED) is 0.205. The van der Waals surface area contributed by atoms with Gasteiger partial charge in [-0.15, -0.1) is 0 Å². The lowest BCUT2D eigenvalue weighted by Crippen LogP contribution is -2.55. The van der Waals surface area contributed by atoms with Gasteiger partial charge in [-0.2, -0.15) is 0 Å². The highest BCUT2D eigenvalue weighted by Gasteiger charge is 2.37. The molecule has 0 spiro atoms. The van der Waals surface area contributed by atoms with Gasteiger partial charge < -0.3 is 14.2 Å². The summed E-state index contributed by atoms with van der Waals surface area (Å²) in [4.78, 5) is 67.2. The molecule has 4 rings (SSSR count). The van der Waals surface area contributed by atoms with E-state index < -0.39 is 35.5 Å². The van der Waals surface area contributed by atoms with E-state index in [9.17, 15) is 24.0 Å². The number of ether oxygens (including phenoxy) is 3. The number of hydrogen-bond donors (Lipinski definition) is 1. The fraction of sp³-hybridized carbons (Fsp3) is 0.485. The first-order chi connectivity index (χ1) is 21.0. The monoisotopic (exact) mass is 607 g/mol. The molecular formula is C33H41N3O8. The highest BCUT2D eigenvalue weighted by atomic mass is 16.6. The maximum absolute atomic E-state index is 13.8. The average Bonchev–Trinajstić information content (AvgIpc) is 3.14. The summed E-state index contributed by atoms with van der Waals surface area (Å²) in [6.45, 7) is 7.13. The van der Waals surface area contributed by atoms with Crippen molar-refractivity contribution >= 4 is 35.3 Å². The summed E-state index contributed by atoms with van der Waals surface area (Å²) in [5.41, 5.74) is 0.592. The molecule has 0 aliphatic carbocycles. The van der Waals surface area contributed by atoms with Crippen molar-refractivity contribution in [2.75, 3.05) is 31.2 Å². The molecule has 0 saturated carbocycles. The third-order valence-electron chi connectivity index (χ3n) is 7.31. The third kappa shape index (κ3) is 8.02. The number of anilines is 1. The zero-order valence-corrected chi connectivity index (χ0v) is 25.8. The Balaban J connectivity index is 1.35. The summed E-state index contributed by atoms with van der Waals surface area (Å²) in [5.74, 6) is -1.56. The van der Waals surface area contributed by atoms with E-state index in [1.165, 1.54) is 9.80 Å². The van der Waals surface area contributed by atoms with E-state index >= 15 is 0 Å². The van der Waals surface area contributed by atoms with Crippen molar-refractivity contribution in [3.8, 4) is 5.75 Å². The zero-order chi connectivity index (χ0) is 31.9. The van der Waals surface area contributed by atoms with Gasteiger partial charge in [-0.3, -0.25) is 39.1 Å². The van der Waals surface area contributed by atoms with E-state index in [2.05, 4.69) is 5.32 Å². The summed E-state index contributed by atoms with van der Waals surface area (Å²) < 4.78 is 16.7. The molecular weight excluding hydrogens is 566 g/mol. The molecule has 2 aromatic carbocycles. The zero-order valence-electron chi connectivity index (χ0n) is 25.8. The molecule has 2 aliphatic rings. The molecule has 2 aliphatic heterocycles. The molecule has 3 amide bonds. The highest BCUT2D eigenvalue weighted by Crippen LogP contribution is 2.31. The first kappa shape index (κ1) is 32.7. The number of unbranched alkanes of at least 4 members (excludes halogenated alkanes) is 3. The van der Waals surface area contributed by atoms with Crippen LogP contribution in [0.4, 0.5) is 5.69 Å². The standard InChI is InChI=1S/C33H41N3O8/c1-5-42-32(41)24(16-8-6-7-13-19-35-29(38)22-14-9-10-15-23(22)30(35)39)34-25-21-43-27-18-12-11-17-26(27)36(31(25)40)20-28(37)44-33(2,3)4/h9-12,14-15,17-18,24-25,34H,5-8,13,16,19-21H2,1-4H3/t24-,25-/m0/s1. The van der Waals surface area contributed by atoms with Crippen LogP contribution in [-0.4, -0.2) is 78.5 Å². The van der Waals surface area contributed by atoms with E-state index in [4.69, 9.17) is 14.2 Å². The lowest BCUT2D eigenvalue weighted by molar-refractivity contribution is -0.154. The van der Waals surface area contributed by atoms with Gasteiger partial charge in [0.05, 0.1) is 23.4 Å². The Kier molecular flexibility index (Phi) is 10.7. The molecule has 0 radical (unpaired) electrons. The van der Waals surface area contributed by atoms with Crippen molar-refractivity contribution in [2.24, 2.45) is 0 Å². The number of rotatable bonds is 13. The van der Waals surface area contributed by atoms with Crippen LogP contribution in [0, 0.1) is 0 Å². The van der Waals surface area contributed by atoms with Crippen LogP contribution in [0.15, 0.2) is 48.5 Å². The molecule has 2 heterocycles. The summed E-state index contributed by atoms with van der Waals surface area (Å²) in [6.07, 6.45) is 3.16. The summed E-state index contributed by atoms with van der Waals surface area (Å²) in [7, 11) is 0. The smallest absolute Gasteiger partial charge is 0.326 e. The summed E-state index contributed by atoms with van der Waals surface area (Å²) in [6, 6.07) is 12.1. The van der Waals surface area contributed by atoms with Gasteiger partial charge in [0.2, 0.25) is 5.91 Å². The minimum absolute atomic E-state index is 0.0448. The first-order valence-corrected chi connectivity index (χ1v) is 15.1. The van der Waals surface area contributed by atoms with Crippen molar-refractivity contribution in [1.29, 1.82) is 0 Å². The number of para-hydroxylation sites is 2. The number of benzene rings is 2. The number of nitrogens with one attached hydrogen (secondary N) is 1. The molecule has 11 nitrogen and oxygen atoms in total. The number of carbonyl (C=O) groups excluding carboxylic acids is 5. The Morgan fingerprint density at radius 1 is 0.932 bits per heavy atom. The van der Waals surface area contributed by atoms with Crippen molar-refractivity contribution in [3.05, 3.63) is 59.7 Å². The van der Waals surface area contributed by atoms with Crippen LogP contribution in [0.5, 0.6) is 5.75 Å². The molecule has 1 N–H and O–H groups in total. The topological polar surface area (TPSA) is 132 Å². The van der Waals surface area contributed by atoms with E-state index in [0.717, 1.165) is 12.8 Å². The minimum atomic E-state index is -0.923. The van der Waals surface area contributed by atoms with Crippen LogP contribution in [0.1, 0.15) is 80.5 Å². The largest absolute Gasteiger partial charge is 0.489 e. The number of fused-ring (bicyclic) bond motifs is 2. The molecule has 11 heteroatoms. The fourth-order valence-electron chi connectivity index (χ4n) is 5.31. The van der Waals surface area contributed by atoms with Gasteiger partial charge in [-0.05, 0) is 64.8 Å². The maximum Gasteiger partial charge on any atom is 0.326 e. The van der Waals surface area contributed by atoms with E-state index in [-0.39, 0.29) is 31.6 Å². The second-order valence-corrected chi connectivity index (χ2v) is 11.8. The molecule has 2 atom stereocenters. The maximum atomic E-state index is 13.8. The molecule has 0 aromatic heterocycles. The van der Waals surface area contributed by atoms with Crippen LogP contribution in [0.2, 0.25) is 0 Å². The van der Waals surface area contributed by atoms with Crippen LogP contribution in [0.25, 0.3) is 0 Å². The van der Waals surface area contributed by atoms with E-state index in [1.807, 2.05) is 0 Å². The minimum Gasteiger partial charge on any atom is -0.489 e. The van der Waals surface area contributed by atoms with Gasteiger partial charge in [0.1, 0.15) is 36.6 Å². The fourth-order valence-corrected chi connectivity index (χ4v) is 5.31. The second-order valence-electron chi connectivity index (χ2n) is 11.8. The Morgan fingerprint density at radius 2 is 1.57 bits per heavy atom. The van der Waals surface area contributed by atoms with Crippen molar-refractivity contribution in [2.45, 2.75) is 77.5 Å². The number of amides is 3. The SMILES string of the molecule is CCOC(=O)[C@H](CCCCCCN1C(=O)c2ccccc2C1=O)N[C@H]1COc2ccccc2N(CC(=O)OC(C)(C)C)C1=O. The van der Waals surface area contributed by atoms with Crippen molar-refractivity contribution < 1.29 is 38.2 Å². The molecule has 0 bridgehead atoms. The van der Waals surface area contributed by atoms with Gasteiger partial charge in [0, 0.05) is 6.54 Å². The number of hydrogen-bond acceptors (Lipinski definition) is 9. The summed E-state index contributed by atoms with van der Waals surface area (Å²) >= 11 is 0. The normalized spacial score (nSPS) is 17.0. The second kappa shape index (κ2) is 14.5. The molecule has 0 fully saturated rings. The number of esters is 2. The molecule has 0 saturated heterocycles. The van der Waals surface area contributed by atoms with Crippen LogP contribution in [-0.2, 0) is 23.9 Å². The van der Waals surface area contributed by atoms with Crippen LogP contribution >= 0.6 is 0 Å². The number of nitrogens with zero attached hydrogens (tertiary/aromatic N) is 2. The predicted molar refractivity (Wildman–Crippen MR) is 162 cm³/mol. The Hall–Kier alpha value is -4.25. The van der Waals surface area contributed by atoms with Gasteiger partial charge in [0.25, 0.3) is 11.8 Å². The lowest BCUT2D eigenvalue weighted by Gasteiger charge is -2.28. The lowest BCUT2D eigenvalue weighted by atomic mass is 10.1. The van der Waals surface area contributed by atoms with Gasteiger partial charge in [-0.25, -0.2) is 0 Å². The molecule has 2 aromatic rings. The van der Waals surface area contributed by atoms with Crippen molar-refractivity contribution in [3.63, 3.8) is 0 Å². The number of imide groups is 1. The Bertz CT molecular complexity index is 1350. The van der Waals surface area contributed by atoms with Crippen molar-refractivity contribution in [1.82, 2.24) is 10.2 Å². The molecule has 0 unspecified atom stereocenters. The van der Waals surface area contributed by atoms with E-state index in [1.54, 1.807) is 76.2 Å². The highest BCUT2D eigenvalue weighted by molar-refractivity contribution is 6.21. The predicted octanol–water partition coefficient (Wildman–Crippen LogP) is 3.89. The number of carbonyl (C=O) groups is 5. The van der Waals surface area contributed by atoms with Gasteiger partial charge >= 0.3 is 11.9 Å². The van der Waals surface area contributed by atoms with Crippen LogP contribution in [0.3, 0.4) is 0 Å². The van der Waals surface area contributed by atoms with E-state index in [0.29, 0.717) is 48.4 Å². The third-order valence-corrected chi connectivity index (χ3v) is 7.31. The summed E-state index contributed by atoms with van der Waals surface area (Å²) in [5, 5.41) is 3.13. The average molecular weight is 608 g/mol. The molecule has 236 valence electrons. The Labute approximate surface area is 257 Å². The Morgan fingerprint density at radius 3 is 2.23 bits per heavy atom. The van der Waals surface area contributed by atoms with Crippen LogP contribution < -0.4 is 15.0 Å². The first-order valence-electron chi connectivity index (χ1n) is 15.1.